The molecule has 0 saturated heterocycles. The fraction of sp³-hybridized carbons (Fsp3) is 0.804. The predicted octanol–water partition coefficient (Wildman–Crippen LogP) is 12.9. The summed E-state index contributed by atoms with van der Waals surface area (Å²) in [5.74, 6) is -0.213. The number of carbonyl (C=O) groups is 1. The van der Waals surface area contributed by atoms with Crippen molar-refractivity contribution in [1.29, 1.82) is 0 Å². The molecule has 0 spiro atoms. The largest absolute Gasteiger partial charge is 0.472 e. The summed E-state index contributed by atoms with van der Waals surface area (Å²) in [5.41, 5.74) is 5.37. The van der Waals surface area contributed by atoms with E-state index < -0.39 is 20.0 Å². The number of nitrogens with one attached hydrogen (secondary N) is 1. The maximum Gasteiger partial charge on any atom is 0.472 e. The summed E-state index contributed by atoms with van der Waals surface area (Å²) in [7, 11) is -4.35. The number of unbranched alkanes of at least 4 members (excludes halogenated alkanes) is 24. The van der Waals surface area contributed by atoms with Gasteiger partial charge in [0, 0.05) is 13.0 Å². The number of hydrogen-bond donors (Lipinski definition) is 4. The Labute approximate surface area is 339 Å². The average Bonchev–Trinajstić information content (AvgIpc) is 3.17. The lowest BCUT2D eigenvalue weighted by atomic mass is 10.1. The number of amides is 1. The first-order valence-electron chi connectivity index (χ1n) is 22.8. The van der Waals surface area contributed by atoms with Crippen molar-refractivity contribution in [1.82, 2.24) is 5.32 Å². The highest BCUT2D eigenvalue weighted by Gasteiger charge is 2.26. The van der Waals surface area contributed by atoms with Crippen LogP contribution in [0.1, 0.15) is 206 Å². The van der Waals surface area contributed by atoms with Crippen LogP contribution in [0.4, 0.5) is 0 Å². The Balaban J connectivity index is 4.28. The standard InChI is InChI=1S/C46H87N2O6P/c1-3-5-7-9-11-13-15-17-19-21-22-24-25-27-29-31-33-35-37-39-45(49)44(43-54-55(51,52)53-42-41-47)48-46(50)40-38-36-34-32-30-28-26-23-20-18-16-14-12-10-8-6-4-2/h18,20,22,24,29,31,37,39,44-45,49H,3-17,19,21,23,25-28,30,32-36,38,40-43,47H2,1-2H3,(H,48,50)(H,51,52)/b20-18-,24-22+,31-29+,39-37+. The minimum absolute atomic E-state index is 0.0701. The van der Waals surface area contributed by atoms with Crippen molar-refractivity contribution in [3.8, 4) is 0 Å². The van der Waals surface area contributed by atoms with Crippen molar-refractivity contribution in [2.24, 2.45) is 5.73 Å². The zero-order chi connectivity index (χ0) is 40.3. The van der Waals surface area contributed by atoms with Gasteiger partial charge < -0.3 is 21.1 Å². The summed E-state index contributed by atoms with van der Waals surface area (Å²) in [6.45, 7) is 4.10. The zero-order valence-corrected chi connectivity index (χ0v) is 36.6. The molecule has 0 heterocycles. The lowest BCUT2D eigenvalue weighted by Crippen LogP contribution is -2.45. The first-order valence-corrected chi connectivity index (χ1v) is 24.3. The molecule has 0 aliphatic carbocycles. The molecular weight excluding hydrogens is 707 g/mol. The van der Waals surface area contributed by atoms with Crippen molar-refractivity contribution in [2.75, 3.05) is 19.8 Å². The quantitative estimate of drug-likeness (QED) is 0.0275. The van der Waals surface area contributed by atoms with Crippen LogP contribution in [0.2, 0.25) is 0 Å². The van der Waals surface area contributed by atoms with Gasteiger partial charge in [-0.15, -0.1) is 0 Å². The Kier molecular flexibility index (Phi) is 40.9. The van der Waals surface area contributed by atoms with Crippen LogP contribution in [0.5, 0.6) is 0 Å². The molecule has 8 nitrogen and oxygen atoms in total. The van der Waals surface area contributed by atoms with E-state index in [2.05, 4.69) is 55.6 Å². The average molecular weight is 795 g/mol. The molecule has 0 aliphatic heterocycles. The molecule has 322 valence electrons. The van der Waals surface area contributed by atoms with Gasteiger partial charge in [-0.1, -0.05) is 178 Å². The van der Waals surface area contributed by atoms with E-state index in [1.165, 1.54) is 141 Å². The van der Waals surface area contributed by atoms with Gasteiger partial charge in [-0.3, -0.25) is 13.8 Å². The lowest BCUT2D eigenvalue weighted by molar-refractivity contribution is -0.123. The number of aliphatic hydroxyl groups excluding tert-OH is 1. The summed E-state index contributed by atoms with van der Waals surface area (Å²) in [5, 5.41) is 13.7. The smallest absolute Gasteiger partial charge is 0.387 e. The minimum atomic E-state index is -4.35. The number of carbonyl (C=O) groups excluding carboxylic acids is 1. The van der Waals surface area contributed by atoms with E-state index in [1.54, 1.807) is 6.08 Å². The summed E-state index contributed by atoms with van der Waals surface area (Å²) in [6.07, 6.45) is 51.6. The van der Waals surface area contributed by atoms with Gasteiger partial charge in [-0.05, 0) is 70.6 Å². The molecule has 1 amide bonds. The van der Waals surface area contributed by atoms with Crippen LogP contribution in [0.25, 0.3) is 0 Å². The number of nitrogens with two attached hydrogens (primary N) is 1. The van der Waals surface area contributed by atoms with E-state index in [0.717, 1.165) is 44.9 Å². The van der Waals surface area contributed by atoms with Crippen LogP contribution in [0.15, 0.2) is 48.6 Å². The van der Waals surface area contributed by atoms with Crippen molar-refractivity contribution in [3.05, 3.63) is 48.6 Å². The normalized spacial score (nSPS) is 14.5. The summed E-state index contributed by atoms with van der Waals surface area (Å²) in [6, 6.07) is -0.886. The summed E-state index contributed by atoms with van der Waals surface area (Å²) < 4.78 is 22.1. The van der Waals surface area contributed by atoms with Crippen LogP contribution in [0.3, 0.4) is 0 Å². The van der Waals surface area contributed by atoms with Crippen molar-refractivity contribution < 1.29 is 28.4 Å². The second kappa shape index (κ2) is 42.1. The van der Waals surface area contributed by atoms with Gasteiger partial charge in [0.15, 0.2) is 0 Å². The number of phosphoric acid groups is 1. The third kappa shape index (κ3) is 40.5. The lowest BCUT2D eigenvalue weighted by Gasteiger charge is -2.23. The Hall–Kier alpha value is -1.54. The van der Waals surface area contributed by atoms with Gasteiger partial charge in [-0.25, -0.2) is 4.57 Å². The molecule has 0 aromatic heterocycles. The number of rotatable bonds is 42. The molecule has 0 aliphatic rings. The van der Waals surface area contributed by atoms with Gasteiger partial charge in [0.1, 0.15) is 0 Å². The topological polar surface area (TPSA) is 131 Å². The molecule has 0 aromatic carbocycles. The van der Waals surface area contributed by atoms with Gasteiger partial charge in [-0.2, -0.15) is 0 Å². The van der Waals surface area contributed by atoms with Crippen LogP contribution in [-0.4, -0.2) is 47.8 Å². The fourth-order valence-electron chi connectivity index (χ4n) is 6.39. The monoisotopic (exact) mass is 795 g/mol. The maximum absolute atomic E-state index is 12.8. The highest BCUT2D eigenvalue weighted by molar-refractivity contribution is 7.47. The SMILES string of the molecule is CCCCCCCC/C=C\CCCCCCCCCC(=O)NC(COP(=O)(O)OCCN)C(O)/C=C/CC/C=C/CC/C=C/CCCCCCCCCCC. The molecule has 55 heavy (non-hydrogen) atoms. The van der Waals surface area contributed by atoms with E-state index in [9.17, 15) is 19.4 Å². The van der Waals surface area contributed by atoms with Crippen LogP contribution in [0, 0.1) is 0 Å². The number of hydrogen-bond acceptors (Lipinski definition) is 6. The minimum Gasteiger partial charge on any atom is -0.387 e. The second-order valence-electron chi connectivity index (χ2n) is 15.2. The highest BCUT2D eigenvalue weighted by atomic mass is 31.2. The van der Waals surface area contributed by atoms with Crippen molar-refractivity contribution >= 4 is 13.7 Å². The van der Waals surface area contributed by atoms with E-state index in [0.29, 0.717) is 6.42 Å². The van der Waals surface area contributed by atoms with Gasteiger partial charge in [0.2, 0.25) is 5.91 Å². The summed E-state index contributed by atoms with van der Waals surface area (Å²) in [4.78, 5) is 22.7. The number of aliphatic hydroxyl groups is 1. The summed E-state index contributed by atoms with van der Waals surface area (Å²) >= 11 is 0. The second-order valence-corrected chi connectivity index (χ2v) is 16.7. The van der Waals surface area contributed by atoms with Gasteiger partial charge in [0.05, 0.1) is 25.4 Å². The molecule has 9 heteroatoms. The van der Waals surface area contributed by atoms with Crippen molar-refractivity contribution in [3.63, 3.8) is 0 Å². The molecule has 0 bridgehead atoms. The van der Waals surface area contributed by atoms with Crippen LogP contribution < -0.4 is 11.1 Å². The highest BCUT2D eigenvalue weighted by Crippen LogP contribution is 2.43. The molecule has 0 saturated carbocycles. The maximum atomic E-state index is 12.8. The van der Waals surface area contributed by atoms with Crippen molar-refractivity contribution in [2.45, 2.75) is 219 Å². The van der Waals surface area contributed by atoms with Crippen LogP contribution >= 0.6 is 7.82 Å². The van der Waals surface area contributed by atoms with Gasteiger partial charge in [0.25, 0.3) is 0 Å². The first-order chi connectivity index (χ1) is 26.9. The fourth-order valence-corrected chi connectivity index (χ4v) is 7.15. The van der Waals surface area contributed by atoms with E-state index in [4.69, 9.17) is 14.8 Å². The number of phosphoric ester groups is 1. The molecular formula is C46H87N2O6P. The Morgan fingerprint density at radius 3 is 1.40 bits per heavy atom. The van der Waals surface area contributed by atoms with E-state index >= 15 is 0 Å². The first kappa shape index (κ1) is 53.5. The van der Waals surface area contributed by atoms with Gasteiger partial charge >= 0.3 is 7.82 Å². The van der Waals surface area contributed by atoms with E-state index in [1.807, 2.05) is 6.08 Å². The third-order valence-corrected chi connectivity index (χ3v) is 10.8. The molecule has 0 aromatic rings. The Morgan fingerprint density at radius 1 is 0.582 bits per heavy atom. The Bertz CT molecular complexity index is 1000. The molecule has 0 radical (unpaired) electrons. The third-order valence-electron chi connectivity index (χ3n) is 9.85. The van der Waals surface area contributed by atoms with E-state index in [-0.39, 0.29) is 25.7 Å². The van der Waals surface area contributed by atoms with Crippen LogP contribution in [-0.2, 0) is 18.4 Å². The predicted molar refractivity (Wildman–Crippen MR) is 235 cm³/mol. The molecule has 0 rings (SSSR count). The molecule has 3 atom stereocenters. The Morgan fingerprint density at radius 2 is 0.964 bits per heavy atom. The molecule has 0 fully saturated rings. The molecule has 5 N–H and O–H groups in total. The zero-order valence-electron chi connectivity index (χ0n) is 35.7. The molecule has 3 unspecified atom stereocenters. The number of allylic oxidation sites excluding steroid dienone is 7.